The standard InChI is InChI=1S/C16H19BrN2O/c1-16(2,3)11-5-7-14(20-4)13(9-11)19-15-8-6-12(17)10-18-15/h5-10H,1-4H3,(H,18,19). The molecule has 106 valence electrons. The summed E-state index contributed by atoms with van der Waals surface area (Å²) in [5, 5.41) is 3.31. The first kappa shape index (κ1) is 14.9. The summed E-state index contributed by atoms with van der Waals surface area (Å²) in [7, 11) is 1.67. The van der Waals surface area contributed by atoms with Crippen molar-refractivity contribution in [1.29, 1.82) is 0 Å². The Morgan fingerprint density at radius 1 is 1.15 bits per heavy atom. The van der Waals surface area contributed by atoms with Crippen molar-refractivity contribution >= 4 is 27.4 Å². The number of nitrogens with zero attached hydrogens (tertiary/aromatic N) is 1. The smallest absolute Gasteiger partial charge is 0.142 e. The van der Waals surface area contributed by atoms with E-state index in [1.54, 1.807) is 13.3 Å². The van der Waals surface area contributed by atoms with Crippen LogP contribution in [0.4, 0.5) is 11.5 Å². The Kier molecular flexibility index (Phi) is 4.33. The summed E-state index contributed by atoms with van der Waals surface area (Å²) in [4.78, 5) is 4.33. The Labute approximate surface area is 128 Å². The number of hydrogen-bond acceptors (Lipinski definition) is 3. The number of methoxy groups -OCH3 is 1. The van der Waals surface area contributed by atoms with E-state index >= 15 is 0 Å². The zero-order valence-corrected chi connectivity index (χ0v) is 13.8. The maximum absolute atomic E-state index is 5.41. The number of aromatic nitrogens is 1. The molecule has 1 heterocycles. The van der Waals surface area contributed by atoms with Gasteiger partial charge in [-0.25, -0.2) is 4.98 Å². The van der Waals surface area contributed by atoms with Gasteiger partial charge >= 0.3 is 0 Å². The molecule has 2 aromatic rings. The molecule has 0 saturated carbocycles. The predicted octanol–water partition coefficient (Wildman–Crippen LogP) is 4.89. The van der Waals surface area contributed by atoms with Crippen molar-refractivity contribution in [3.63, 3.8) is 0 Å². The number of rotatable bonds is 3. The Morgan fingerprint density at radius 3 is 2.45 bits per heavy atom. The van der Waals surface area contributed by atoms with Gasteiger partial charge in [-0.1, -0.05) is 26.8 Å². The fraction of sp³-hybridized carbons (Fsp3) is 0.312. The molecule has 0 amide bonds. The summed E-state index contributed by atoms with van der Waals surface area (Å²) >= 11 is 3.38. The van der Waals surface area contributed by atoms with Crippen LogP contribution in [-0.4, -0.2) is 12.1 Å². The molecule has 0 unspecified atom stereocenters. The van der Waals surface area contributed by atoms with Crippen LogP contribution in [0.3, 0.4) is 0 Å². The molecular formula is C16H19BrN2O. The highest BCUT2D eigenvalue weighted by atomic mass is 79.9. The molecule has 2 rings (SSSR count). The highest BCUT2D eigenvalue weighted by Crippen LogP contribution is 2.33. The topological polar surface area (TPSA) is 34.1 Å². The van der Waals surface area contributed by atoms with Gasteiger partial charge in [0.1, 0.15) is 11.6 Å². The molecule has 1 aromatic heterocycles. The van der Waals surface area contributed by atoms with Crippen LogP contribution < -0.4 is 10.1 Å². The Bertz CT molecular complexity index is 588. The van der Waals surface area contributed by atoms with Crippen LogP contribution in [0.1, 0.15) is 26.3 Å². The fourth-order valence-electron chi connectivity index (χ4n) is 1.86. The van der Waals surface area contributed by atoms with Crippen molar-refractivity contribution in [1.82, 2.24) is 4.98 Å². The van der Waals surface area contributed by atoms with Gasteiger partial charge in [-0.3, -0.25) is 0 Å². The second-order valence-corrected chi connectivity index (χ2v) is 6.57. The normalized spacial score (nSPS) is 11.2. The van der Waals surface area contributed by atoms with Crippen LogP contribution in [0.5, 0.6) is 5.75 Å². The number of ether oxygens (including phenoxy) is 1. The lowest BCUT2D eigenvalue weighted by Gasteiger charge is -2.21. The molecule has 0 radical (unpaired) electrons. The van der Waals surface area contributed by atoms with Gasteiger partial charge in [0.2, 0.25) is 0 Å². The number of benzene rings is 1. The van der Waals surface area contributed by atoms with Gasteiger partial charge in [0.05, 0.1) is 12.8 Å². The van der Waals surface area contributed by atoms with E-state index < -0.39 is 0 Å². The average Bonchev–Trinajstić information content (AvgIpc) is 2.40. The van der Waals surface area contributed by atoms with Gasteiger partial charge in [0, 0.05) is 10.7 Å². The molecule has 4 heteroatoms. The Balaban J connectivity index is 2.35. The SMILES string of the molecule is COc1ccc(C(C)(C)C)cc1Nc1ccc(Br)cn1. The van der Waals surface area contributed by atoms with Gasteiger partial charge < -0.3 is 10.1 Å². The first-order valence-corrected chi connectivity index (χ1v) is 7.26. The predicted molar refractivity (Wildman–Crippen MR) is 86.9 cm³/mol. The first-order valence-electron chi connectivity index (χ1n) is 6.47. The minimum atomic E-state index is 0.0931. The second-order valence-electron chi connectivity index (χ2n) is 5.65. The van der Waals surface area contributed by atoms with Crippen LogP contribution in [0.25, 0.3) is 0 Å². The third kappa shape index (κ3) is 3.51. The molecule has 1 aromatic carbocycles. The van der Waals surface area contributed by atoms with Crippen molar-refractivity contribution in [3.8, 4) is 5.75 Å². The molecule has 0 saturated heterocycles. The molecule has 0 aliphatic heterocycles. The molecule has 0 atom stereocenters. The van der Waals surface area contributed by atoms with Gasteiger partial charge in [-0.05, 0) is 51.2 Å². The fourth-order valence-corrected chi connectivity index (χ4v) is 2.09. The zero-order valence-electron chi connectivity index (χ0n) is 12.2. The molecule has 20 heavy (non-hydrogen) atoms. The zero-order chi connectivity index (χ0) is 14.8. The van der Waals surface area contributed by atoms with Gasteiger partial charge in [0.15, 0.2) is 0 Å². The van der Waals surface area contributed by atoms with Crippen molar-refractivity contribution in [3.05, 3.63) is 46.6 Å². The van der Waals surface area contributed by atoms with Crippen LogP contribution in [-0.2, 0) is 5.41 Å². The van der Waals surface area contributed by atoms with Crippen molar-refractivity contribution in [2.24, 2.45) is 0 Å². The maximum atomic E-state index is 5.41. The van der Waals surface area contributed by atoms with Crippen molar-refractivity contribution < 1.29 is 4.74 Å². The summed E-state index contributed by atoms with van der Waals surface area (Å²) in [5.74, 6) is 1.60. The molecule has 0 fully saturated rings. The highest BCUT2D eigenvalue weighted by molar-refractivity contribution is 9.10. The molecule has 1 N–H and O–H groups in total. The van der Waals surface area contributed by atoms with E-state index in [-0.39, 0.29) is 5.41 Å². The minimum Gasteiger partial charge on any atom is -0.495 e. The van der Waals surface area contributed by atoms with E-state index in [1.807, 2.05) is 18.2 Å². The Hall–Kier alpha value is -1.55. The maximum Gasteiger partial charge on any atom is 0.142 e. The first-order chi connectivity index (χ1) is 9.40. The van der Waals surface area contributed by atoms with Crippen LogP contribution in [0.2, 0.25) is 0 Å². The number of nitrogens with one attached hydrogen (secondary N) is 1. The monoisotopic (exact) mass is 334 g/mol. The molecular weight excluding hydrogens is 316 g/mol. The van der Waals surface area contributed by atoms with Gasteiger partial charge in [-0.2, -0.15) is 0 Å². The van der Waals surface area contributed by atoms with Crippen molar-refractivity contribution in [2.75, 3.05) is 12.4 Å². The van der Waals surface area contributed by atoms with E-state index in [1.165, 1.54) is 5.56 Å². The summed E-state index contributed by atoms with van der Waals surface area (Å²) in [6, 6.07) is 10.1. The summed E-state index contributed by atoms with van der Waals surface area (Å²) < 4.78 is 6.37. The molecule has 3 nitrogen and oxygen atoms in total. The van der Waals surface area contributed by atoms with E-state index in [9.17, 15) is 0 Å². The summed E-state index contributed by atoms with van der Waals surface area (Å²) in [5.41, 5.74) is 2.27. The van der Waals surface area contributed by atoms with E-state index in [0.717, 1.165) is 21.7 Å². The number of anilines is 2. The number of halogens is 1. The lowest BCUT2D eigenvalue weighted by Crippen LogP contribution is -2.11. The lowest BCUT2D eigenvalue weighted by molar-refractivity contribution is 0.416. The van der Waals surface area contributed by atoms with E-state index in [0.29, 0.717) is 0 Å². The van der Waals surface area contributed by atoms with Crippen LogP contribution in [0.15, 0.2) is 41.0 Å². The molecule has 0 spiro atoms. The highest BCUT2D eigenvalue weighted by Gasteiger charge is 2.16. The summed E-state index contributed by atoms with van der Waals surface area (Å²) in [6.07, 6.45) is 1.77. The molecule has 0 bridgehead atoms. The quantitative estimate of drug-likeness (QED) is 0.867. The third-order valence-corrected chi connectivity index (χ3v) is 3.52. The van der Waals surface area contributed by atoms with E-state index in [2.05, 4.69) is 59.1 Å². The molecule has 0 aliphatic carbocycles. The largest absolute Gasteiger partial charge is 0.495 e. The third-order valence-electron chi connectivity index (χ3n) is 3.06. The molecule has 0 aliphatic rings. The van der Waals surface area contributed by atoms with Gasteiger partial charge in [0.25, 0.3) is 0 Å². The van der Waals surface area contributed by atoms with Gasteiger partial charge in [-0.15, -0.1) is 0 Å². The van der Waals surface area contributed by atoms with E-state index in [4.69, 9.17) is 4.74 Å². The lowest BCUT2D eigenvalue weighted by atomic mass is 9.87. The van der Waals surface area contributed by atoms with Crippen molar-refractivity contribution in [2.45, 2.75) is 26.2 Å². The van der Waals surface area contributed by atoms with Crippen LogP contribution in [0, 0.1) is 0 Å². The second kappa shape index (κ2) is 5.83. The summed E-state index contributed by atoms with van der Waals surface area (Å²) in [6.45, 7) is 6.57. The number of pyridine rings is 1. The van der Waals surface area contributed by atoms with Crippen LogP contribution >= 0.6 is 15.9 Å². The minimum absolute atomic E-state index is 0.0931. The number of hydrogen-bond donors (Lipinski definition) is 1. The average molecular weight is 335 g/mol. The Morgan fingerprint density at radius 2 is 1.90 bits per heavy atom.